The second kappa shape index (κ2) is 7.40. The third kappa shape index (κ3) is 3.65. The predicted octanol–water partition coefficient (Wildman–Crippen LogP) is 2.38. The summed E-state index contributed by atoms with van der Waals surface area (Å²) >= 11 is 5.82. The van der Waals surface area contributed by atoms with Crippen molar-refractivity contribution in [2.45, 2.75) is 44.6 Å². The van der Waals surface area contributed by atoms with Crippen LogP contribution in [0.15, 0.2) is 24.3 Å². The van der Waals surface area contributed by atoms with E-state index in [0.29, 0.717) is 17.9 Å². The van der Waals surface area contributed by atoms with E-state index in [4.69, 9.17) is 16.3 Å². The number of nitrogens with zero attached hydrogens (tertiary/aromatic N) is 2. The van der Waals surface area contributed by atoms with Gasteiger partial charge in [0, 0.05) is 18.1 Å². The van der Waals surface area contributed by atoms with E-state index in [1.807, 2.05) is 0 Å². The molecule has 0 radical (unpaired) electrons. The lowest BCUT2D eigenvalue weighted by atomic mass is 10.2. The molecule has 2 atom stereocenters. The maximum atomic E-state index is 12.6. The van der Waals surface area contributed by atoms with Crippen LogP contribution in [-0.4, -0.2) is 52.3 Å². The summed E-state index contributed by atoms with van der Waals surface area (Å²) in [5.41, 5.74) is 0.795. The van der Waals surface area contributed by atoms with Gasteiger partial charge >= 0.3 is 6.09 Å². The summed E-state index contributed by atoms with van der Waals surface area (Å²) < 4.78 is 5.28. The van der Waals surface area contributed by atoms with Crippen molar-refractivity contribution in [3.63, 3.8) is 0 Å². The van der Waals surface area contributed by atoms with Crippen LogP contribution in [0.1, 0.15) is 31.2 Å². The maximum Gasteiger partial charge on any atom is 0.412 e. The highest BCUT2D eigenvalue weighted by Crippen LogP contribution is 2.26. The van der Waals surface area contributed by atoms with Crippen LogP contribution in [0.2, 0.25) is 5.02 Å². The molecule has 130 valence electrons. The molecule has 2 fully saturated rings. The monoisotopic (exact) mass is 352 g/mol. The number of carbonyl (C=O) groups is 2. The average molecular weight is 353 g/mol. The van der Waals surface area contributed by atoms with Gasteiger partial charge < -0.3 is 14.7 Å². The molecule has 2 amide bonds. The number of carbonyl (C=O) groups excluding carboxylic acids is 2. The van der Waals surface area contributed by atoms with Crippen molar-refractivity contribution in [1.82, 2.24) is 9.80 Å². The van der Waals surface area contributed by atoms with Crippen molar-refractivity contribution < 1.29 is 19.4 Å². The number of aliphatic hydroxyl groups is 1. The van der Waals surface area contributed by atoms with Crippen LogP contribution in [0.3, 0.4) is 0 Å². The Morgan fingerprint density at radius 3 is 2.50 bits per heavy atom. The minimum absolute atomic E-state index is 0.0733. The second-order valence-corrected chi connectivity index (χ2v) is 6.63. The first kappa shape index (κ1) is 17.0. The zero-order valence-corrected chi connectivity index (χ0v) is 14.1. The average Bonchev–Trinajstić information content (AvgIpc) is 3.23. The van der Waals surface area contributed by atoms with Gasteiger partial charge in [-0.15, -0.1) is 0 Å². The van der Waals surface area contributed by atoms with Crippen molar-refractivity contribution in [2.75, 3.05) is 13.1 Å². The quantitative estimate of drug-likeness (QED) is 0.906. The van der Waals surface area contributed by atoms with E-state index in [2.05, 4.69) is 0 Å². The topological polar surface area (TPSA) is 70.1 Å². The normalized spacial score (nSPS) is 23.6. The molecular formula is C17H21ClN2O4. The fourth-order valence-electron chi connectivity index (χ4n) is 3.23. The van der Waals surface area contributed by atoms with Crippen LogP contribution in [0.5, 0.6) is 0 Å². The van der Waals surface area contributed by atoms with Crippen LogP contribution >= 0.6 is 11.6 Å². The largest absolute Gasteiger partial charge is 0.444 e. The van der Waals surface area contributed by atoms with Crippen LogP contribution in [0.25, 0.3) is 0 Å². The number of halogens is 1. The Labute approximate surface area is 145 Å². The molecule has 2 aliphatic rings. The fraction of sp³-hybridized carbons (Fsp3) is 0.529. The van der Waals surface area contributed by atoms with Gasteiger partial charge in [-0.25, -0.2) is 4.79 Å². The molecule has 2 aliphatic heterocycles. The molecule has 7 heteroatoms. The smallest absolute Gasteiger partial charge is 0.412 e. The zero-order chi connectivity index (χ0) is 17.1. The summed E-state index contributed by atoms with van der Waals surface area (Å²) in [5, 5.41) is 10.7. The summed E-state index contributed by atoms with van der Waals surface area (Å²) in [6.07, 6.45) is 1.20. The highest BCUT2D eigenvalue weighted by Gasteiger charge is 2.43. The highest BCUT2D eigenvalue weighted by molar-refractivity contribution is 6.30. The third-order valence-electron chi connectivity index (χ3n) is 4.54. The van der Waals surface area contributed by atoms with Crippen molar-refractivity contribution in [2.24, 2.45) is 0 Å². The minimum atomic E-state index is -0.973. The Balaban J connectivity index is 1.62. The van der Waals surface area contributed by atoms with Gasteiger partial charge in [0.1, 0.15) is 18.9 Å². The van der Waals surface area contributed by atoms with Gasteiger partial charge in [-0.3, -0.25) is 9.69 Å². The van der Waals surface area contributed by atoms with E-state index in [1.165, 1.54) is 4.90 Å². The molecule has 2 heterocycles. The van der Waals surface area contributed by atoms with Crippen molar-refractivity contribution in [1.29, 1.82) is 0 Å². The van der Waals surface area contributed by atoms with Gasteiger partial charge in [0.25, 0.3) is 0 Å². The van der Waals surface area contributed by atoms with E-state index in [9.17, 15) is 14.7 Å². The third-order valence-corrected chi connectivity index (χ3v) is 4.80. The lowest BCUT2D eigenvalue weighted by Crippen LogP contribution is -2.49. The van der Waals surface area contributed by atoms with Crippen molar-refractivity contribution in [3.8, 4) is 0 Å². The number of amides is 2. The van der Waals surface area contributed by atoms with E-state index >= 15 is 0 Å². The Morgan fingerprint density at radius 1 is 1.17 bits per heavy atom. The molecule has 1 aromatic rings. The summed E-state index contributed by atoms with van der Waals surface area (Å²) in [7, 11) is 0. The second-order valence-electron chi connectivity index (χ2n) is 6.19. The molecule has 24 heavy (non-hydrogen) atoms. The first-order chi connectivity index (χ1) is 11.6. The number of benzene rings is 1. The number of likely N-dealkylation sites (tertiary alicyclic amines) is 2. The first-order valence-electron chi connectivity index (χ1n) is 8.22. The SMILES string of the molecule is O=C(C1CCC(O)N1C(=O)OCc1ccc(Cl)cc1)N1CCCC1. The number of hydrogen-bond acceptors (Lipinski definition) is 4. The molecular weight excluding hydrogens is 332 g/mol. The van der Waals surface area contributed by atoms with E-state index in [0.717, 1.165) is 31.5 Å². The molecule has 2 unspecified atom stereocenters. The standard InChI is InChI=1S/C17H21ClN2O4/c18-13-5-3-12(4-6-13)11-24-17(23)20-14(7-8-15(20)21)16(22)19-9-1-2-10-19/h3-6,14-15,21H,1-2,7-11H2. The molecule has 0 spiro atoms. The highest BCUT2D eigenvalue weighted by atomic mass is 35.5. The maximum absolute atomic E-state index is 12.6. The van der Waals surface area contributed by atoms with Crippen LogP contribution in [0.4, 0.5) is 4.79 Å². The van der Waals surface area contributed by atoms with Gasteiger partial charge in [-0.1, -0.05) is 23.7 Å². The molecule has 0 aliphatic carbocycles. The van der Waals surface area contributed by atoms with Gasteiger partial charge in [0.15, 0.2) is 0 Å². The summed E-state index contributed by atoms with van der Waals surface area (Å²) in [6, 6.07) is 6.34. The number of ether oxygens (including phenoxy) is 1. The van der Waals surface area contributed by atoms with Crippen molar-refractivity contribution >= 4 is 23.6 Å². The Bertz CT molecular complexity index is 601. The molecule has 3 rings (SSSR count). The van der Waals surface area contributed by atoms with Crippen LogP contribution in [0, 0.1) is 0 Å². The molecule has 0 aromatic heterocycles. The number of hydrogen-bond donors (Lipinski definition) is 1. The van der Waals surface area contributed by atoms with Crippen LogP contribution < -0.4 is 0 Å². The molecule has 0 bridgehead atoms. The summed E-state index contributed by atoms with van der Waals surface area (Å²) in [6.45, 7) is 1.52. The molecule has 0 saturated carbocycles. The van der Waals surface area contributed by atoms with E-state index in [1.54, 1.807) is 29.2 Å². The van der Waals surface area contributed by atoms with E-state index in [-0.39, 0.29) is 12.5 Å². The van der Waals surface area contributed by atoms with Gasteiger partial charge in [0.05, 0.1) is 0 Å². The van der Waals surface area contributed by atoms with Crippen molar-refractivity contribution in [3.05, 3.63) is 34.9 Å². The Morgan fingerprint density at radius 2 is 1.83 bits per heavy atom. The zero-order valence-electron chi connectivity index (χ0n) is 13.4. The lowest BCUT2D eigenvalue weighted by Gasteiger charge is -2.29. The predicted molar refractivity (Wildman–Crippen MR) is 88.3 cm³/mol. The summed E-state index contributed by atoms with van der Waals surface area (Å²) in [4.78, 5) is 27.9. The molecule has 1 N–H and O–H groups in total. The molecule has 1 aromatic carbocycles. The fourth-order valence-corrected chi connectivity index (χ4v) is 3.36. The van der Waals surface area contributed by atoms with Gasteiger partial charge in [-0.2, -0.15) is 0 Å². The van der Waals surface area contributed by atoms with Gasteiger partial charge in [-0.05, 0) is 43.4 Å². The lowest BCUT2D eigenvalue weighted by molar-refractivity contribution is -0.136. The minimum Gasteiger partial charge on any atom is -0.444 e. The Kier molecular flexibility index (Phi) is 5.26. The Hall–Kier alpha value is -1.79. The van der Waals surface area contributed by atoms with E-state index < -0.39 is 18.4 Å². The first-order valence-corrected chi connectivity index (χ1v) is 8.60. The molecule has 6 nitrogen and oxygen atoms in total. The number of aliphatic hydroxyl groups excluding tert-OH is 1. The molecule has 2 saturated heterocycles. The number of rotatable bonds is 3. The van der Waals surface area contributed by atoms with Crippen LogP contribution in [-0.2, 0) is 16.1 Å². The van der Waals surface area contributed by atoms with Gasteiger partial charge in [0.2, 0.25) is 5.91 Å². The summed E-state index contributed by atoms with van der Waals surface area (Å²) in [5.74, 6) is -0.0903.